The van der Waals surface area contributed by atoms with Crippen molar-refractivity contribution in [3.63, 3.8) is 0 Å². The standard InChI is InChI=1S/C32H24B2N2/c1-34(2)22-13-17-24(18-14-22)36-30-10-6-4-8-26(30)28-19-31-27(20-32(28)36)25-7-3-5-9-29(25)35(31)23-15-11-21(33)12-16-23/h3-20H,1-2H3. The number of rotatable bonds is 3. The molecule has 2 nitrogen and oxygen atoms in total. The summed E-state index contributed by atoms with van der Waals surface area (Å²) in [4.78, 5) is 0. The second-order valence-electron chi connectivity index (χ2n) is 9.93. The molecule has 0 aliphatic rings. The third-order valence-electron chi connectivity index (χ3n) is 7.44. The molecule has 0 spiro atoms. The molecule has 0 aliphatic heterocycles. The van der Waals surface area contributed by atoms with Gasteiger partial charge < -0.3 is 9.13 Å². The Morgan fingerprint density at radius 1 is 0.500 bits per heavy atom. The molecule has 0 unspecified atom stereocenters. The molecular weight excluding hydrogens is 434 g/mol. The first-order chi connectivity index (χ1) is 17.6. The van der Waals surface area contributed by atoms with Crippen molar-refractivity contribution in [1.29, 1.82) is 0 Å². The Hall–Kier alpha value is -4.17. The summed E-state index contributed by atoms with van der Waals surface area (Å²) in [5.41, 5.74) is 9.27. The van der Waals surface area contributed by atoms with E-state index in [0.29, 0.717) is 6.71 Å². The molecule has 0 fully saturated rings. The fourth-order valence-electron chi connectivity index (χ4n) is 5.62. The first-order valence-corrected chi connectivity index (χ1v) is 12.5. The van der Waals surface area contributed by atoms with E-state index in [1.165, 1.54) is 54.8 Å². The number of fused-ring (bicyclic) bond motifs is 6. The SMILES string of the molecule is [B]c1ccc(-n2c3ccccc3c3cc4c(cc32)c2ccccc2n4-c2ccc(B(C)C)cc2)cc1. The third kappa shape index (κ3) is 3.07. The highest BCUT2D eigenvalue weighted by molar-refractivity contribution is 6.70. The van der Waals surface area contributed by atoms with Crippen LogP contribution in [0.15, 0.2) is 109 Å². The van der Waals surface area contributed by atoms with E-state index in [1.807, 2.05) is 12.1 Å². The van der Waals surface area contributed by atoms with E-state index in [-0.39, 0.29) is 0 Å². The molecule has 7 rings (SSSR count). The van der Waals surface area contributed by atoms with Crippen molar-refractivity contribution < 1.29 is 0 Å². The fraction of sp³-hybridized carbons (Fsp3) is 0.0625. The molecular formula is C32H24B2N2. The van der Waals surface area contributed by atoms with Gasteiger partial charge in [-0.05, 0) is 48.5 Å². The quantitative estimate of drug-likeness (QED) is 0.263. The van der Waals surface area contributed by atoms with Gasteiger partial charge in [-0.2, -0.15) is 0 Å². The van der Waals surface area contributed by atoms with Crippen LogP contribution in [0.3, 0.4) is 0 Å². The molecule has 0 aliphatic carbocycles. The van der Waals surface area contributed by atoms with Crippen LogP contribution in [-0.2, 0) is 0 Å². The minimum absolute atomic E-state index is 0.510. The highest BCUT2D eigenvalue weighted by Gasteiger charge is 2.18. The average molecular weight is 458 g/mol. The zero-order valence-electron chi connectivity index (χ0n) is 20.4. The van der Waals surface area contributed by atoms with Crippen molar-refractivity contribution in [3.05, 3.63) is 109 Å². The lowest BCUT2D eigenvalue weighted by atomic mass is 9.49. The van der Waals surface area contributed by atoms with Crippen LogP contribution in [0.4, 0.5) is 0 Å². The predicted molar refractivity (Wildman–Crippen MR) is 158 cm³/mol. The summed E-state index contributed by atoms with van der Waals surface area (Å²) >= 11 is 0. The fourth-order valence-corrected chi connectivity index (χ4v) is 5.62. The maximum Gasteiger partial charge on any atom is 0.169 e. The minimum atomic E-state index is 0.510. The molecule has 0 saturated carbocycles. The summed E-state index contributed by atoms with van der Waals surface area (Å²) < 4.78 is 4.76. The predicted octanol–water partition coefficient (Wildman–Crippen LogP) is 6.64. The monoisotopic (exact) mass is 458 g/mol. The zero-order valence-corrected chi connectivity index (χ0v) is 20.4. The minimum Gasteiger partial charge on any atom is -0.309 e. The molecule has 7 aromatic rings. The van der Waals surface area contributed by atoms with E-state index in [1.54, 1.807) is 0 Å². The third-order valence-corrected chi connectivity index (χ3v) is 7.44. The smallest absolute Gasteiger partial charge is 0.169 e. The summed E-state index contributed by atoms with van der Waals surface area (Å²) in [6.07, 6.45) is 0. The highest BCUT2D eigenvalue weighted by atomic mass is 15.0. The van der Waals surface area contributed by atoms with Crippen molar-refractivity contribution in [3.8, 4) is 11.4 Å². The molecule has 168 valence electrons. The van der Waals surface area contributed by atoms with Crippen LogP contribution >= 0.6 is 0 Å². The number of aromatic nitrogens is 2. The normalized spacial score (nSPS) is 11.7. The van der Waals surface area contributed by atoms with Crippen molar-refractivity contribution in [2.45, 2.75) is 13.6 Å². The summed E-state index contributed by atoms with van der Waals surface area (Å²) in [7, 11) is 6.01. The number of hydrogen-bond acceptors (Lipinski definition) is 0. The summed E-state index contributed by atoms with van der Waals surface area (Å²) in [6.45, 7) is 4.99. The van der Waals surface area contributed by atoms with E-state index in [9.17, 15) is 0 Å². The molecule has 0 bridgehead atoms. The lowest BCUT2D eigenvalue weighted by Gasteiger charge is -2.10. The average Bonchev–Trinajstić information content (AvgIpc) is 3.40. The van der Waals surface area contributed by atoms with Crippen molar-refractivity contribution in [1.82, 2.24) is 9.13 Å². The van der Waals surface area contributed by atoms with Crippen molar-refractivity contribution >= 4 is 69.1 Å². The van der Waals surface area contributed by atoms with E-state index in [2.05, 4.69) is 120 Å². The molecule has 0 saturated heterocycles. The van der Waals surface area contributed by atoms with Gasteiger partial charge in [-0.15, -0.1) is 0 Å². The van der Waals surface area contributed by atoms with Crippen molar-refractivity contribution in [2.75, 3.05) is 0 Å². The van der Waals surface area contributed by atoms with Crippen LogP contribution in [0, 0.1) is 0 Å². The Balaban J connectivity index is 1.61. The van der Waals surface area contributed by atoms with Gasteiger partial charge in [0, 0.05) is 32.9 Å². The number of nitrogens with zero attached hydrogens (tertiary/aromatic N) is 2. The summed E-state index contributed by atoms with van der Waals surface area (Å²) in [5.74, 6) is 0. The maximum atomic E-state index is 6.01. The number of para-hydroxylation sites is 2. The Labute approximate surface area is 212 Å². The van der Waals surface area contributed by atoms with E-state index in [4.69, 9.17) is 7.85 Å². The maximum absolute atomic E-state index is 6.01. The van der Waals surface area contributed by atoms with Crippen LogP contribution in [0.25, 0.3) is 55.0 Å². The molecule has 2 radical (unpaired) electrons. The second kappa shape index (κ2) is 7.93. The molecule has 0 N–H and O–H groups in total. The lowest BCUT2D eigenvalue weighted by Crippen LogP contribution is -2.21. The summed E-state index contributed by atoms with van der Waals surface area (Å²) in [6, 6.07) is 39.3. The van der Waals surface area contributed by atoms with Gasteiger partial charge in [0.25, 0.3) is 0 Å². The van der Waals surface area contributed by atoms with Crippen LogP contribution in [0.5, 0.6) is 0 Å². The number of benzene rings is 5. The first-order valence-electron chi connectivity index (χ1n) is 12.5. The van der Waals surface area contributed by atoms with E-state index >= 15 is 0 Å². The molecule has 4 heteroatoms. The van der Waals surface area contributed by atoms with Gasteiger partial charge in [0.1, 0.15) is 7.85 Å². The van der Waals surface area contributed by atoms with Crippen LogP contribution in [0.2, 0.25) is 13.6 Å². The Kier molecular flexibility index (Phi) is 4.65. The zero-order chi connectivity index (χ0) is 24.4. The van der Waals surface area contributed by atoms with Gasteiger partial charge in [0.2, 0.25) is 0 Å². The first kappa shape index (κ1) is 21.1. The van der Waals surface area contributed by atoms with Crippen LogP contribution in [0.1, 0.15) is 0 Å². The van der Waals surface area contributed by atoms with Crippen LogP contribution in [-0.4, -0.2) is 23.7 Å². The van der Waals surface area contributed by atoms with E-state index in [0.717, 1.165) is 11.2 Å². The lowest BCUT2D eigenvalue weighted by molar-refractivity contribution is 1.18. The Morgan fingerprint density at radius 3 is 1.42 bits per heavy atom. The van der Waals surface area contributed by atoms with Gasteiger partial charge >= 0.3 is 0 Å². The Bertz CT molecular complexity index is 1910. The number of hydrogen-bond donors (Lipinski definition) is 0. The van der Waals surface area contributed by atoms with Crippen LogP contribution < -0.4 is 10.9 Å². The van der Waals surface area contributed by atoms with Gasteiger partial charge in [0.15, 0.2) is 6.71 Å². The second-order valence-corrected chi connectivity index (χ2v) is 9.93. The molecule has 2 heterocycles. The van der Waals surface area contributed by atoms with Gasteiger partial charge in [-0.3, -0.25) is 0 Å². The molecule has 2 aromatic heterocycles. The molecule has 36 heavy (non-hydrogen) atoms. The highest BCUT2D eigenvalue weighted by Crippen LogP contribution is 2.39. The largest absolute Gasteiger partial charge is 0.309 e. The molecule has 0 atom stereocenters. The molecule has 5 aromatic carbocycles. The van der Waals surface area contributed by atoms with Gasteiger partial charge in [0.05, 0.1) is 22.1 Å². The van der Waals surface area contributed by atoms with Gasteiger partial charge in [-0.25, -0.2) is 0 Å². The van der Waals surface area contributed by atoms with Crippen molar-refractivity contribution in [2.24, 2.45) is 0 Å². The van der Waals surface area contributed by atoms with E-state index < -0.39 is 0 Å². The Morgan fingerprint density at radius 2 is 0.944 bits per heavy atom. The topological polar surface area (TPSA) is 9.86 Å². The van der Waals surface area contributed by atoms with Gasteiger partial charge in [-0.1, -0.05) is 85.2 Å². The summed E-state index contributed by atoms with van der Waals surface area (Å²) in [5, 5.41) is 5.01. The molecule has 0 amide bonds.